The molecule has 88 valence electrons. The highest BCUT2D eigenvalue weighted by atomic mass is 16.5. The minimum absolute atomic E-state index is 0.593. The van der Waals surface area contributed by atoms with Crippen LogP contribution in [0, 0.1) is 0 Å². The normalized spacial score (nSPS) is 10.2. The van der Waals surface area contributed by atoms with Gasteiger partial charge in [-0.15, -0.1) is 0 Å². The molecule has 0 spiro atoms. The lowest BCUT2D eigenvalue weighted by Gasteiger charge is -2.04. The van der Waals surface area contributed by atoms with Gasteiger partial charge in [-0.1, -0.05) is 12.1 Å². The first-order valence-corrected chi connectivity index (χ1v) is 5.47. The Balaban J connectivity index is 1.99. The zero-order valence-corrected chi connectivity index (χ0v) is 9.76. The van der Waals surface area contributed by atoms with Gasteiger partial charge < -0.3 is 10.5 Å². The van der Waals surface area contributed by atoms with Crippen LogP contribution in [0.2, 0.25) is 0 Å². The van der Waals surface area contributed by atoms with Crippen LogP contribution in [0.3, 0.4) is 0 Å². The lowest BCUT2D eigenvalue weighted by Crippen LogP contribution is -1.99. The molecule has 0 aliphatic heterocycles. The highest BCUT2D eigenvalue weighted by molar-refractivity contribution is 5.31. The number of anilines is 1. The summed E-state index contributed by atoms with van der Waals surface area (Å²) in [4.78, 5) is 8.34. The van der Waals surface area contributed by atoms with Crippen molar-refractivity contribution in [2.75, 3.05) is 12.8 Å². The largest absolute Gasteiger partial charge is 0.497 e. The molecule has 2 aromatic rings. The van der Waals surface area contributed by atoms with E-state index < -0.39 is 0 Å². The highest BCUT2D eigenvalue weighted by Gasteiger charge is 1.99. The van der Waals surface area contributed by atoms with E-state index in [-0.39, 0.29) is 0 Å². The Morgan fingerprint density at radius 3 is 2.65 bits per heavy atom. The molecule has 0 aliphatic rings. The molecule has 17 heavy (non-hydrogen) atoms. The van der Waals surface area contributed by atoms with Crippen LogP contribution >= 0.6 is 0 Å². The summed E-state index contributed by atoms with van der Waals surface area (Å²) in [5.74, 6) is 1.68. The van der Waals surface area contributed by atoms with Crippen molar-refractivity contribution in [3.05, 3.63) is 48.0 Å². The number of methoxy groups -OCH3 is 1. The maximum absolute atomic E-state index is 5.53. The summed E-state index contributed by atoms with van der Waals surface area (Å²) >= 11 is 0. The summed E-state index contributed by atoms with van der Waals surface area (Å²) in [6.45, 7) is 0. The van der Waals surface area contributed by atoms with Gasteiger partial charge in [0.25, 0.3) is 0 Å². The van der Waals surface area contributed by atoms with Crippen molar-refractivity contribution < 1.29 is 4.74 Å². The van der Waals surface area contributed by atoms with E-state index in [2.05, 4.69) is 16.0 Å². The lowest BCUT2D eigenvalue weighted by molar-refractivity contribution is 0.414. The zero-order valence-electron chi connectivity index (χ0n) is 9.76. The second kappa shape index (κ2) is 5.30. The van der Waals surface area contributed by atoms with E-state index in [9.17, 15) is 0 Å². The van der Waals surface area contributed by atoms with Crippen molar-refractivity contribution in [1.82, 2.24) is 9.97 Å². The average Bonchev–Trinajstić information content (AvgIpc) is 2.38. The van der Waals surface area contributed by atoms with Crippen molar-refractivity contribution >= 4 is 5.69 Å². The van der Waals surface area contributed by atoms with E-state index in [1.165, 1.54) is 5.56 Å². The van der Waals surface area contributed by atoms with Crippen LogP contribution < -0.4 is 10.5 Å². The summed E-state index contributed by atoms with van der Waals surface area (Å²) in [5, 5.41) is 0. The van der Waals surface area contributed by atoms with Crippen LogP contribution in [0.1, 0.15) is 11.4 Å². The summed E-state index contributed by atoms with van der Waals surface area (Å²) in [6.07, 6.45) is 4.95. The van der Waals surface area contributed by atoms with E-state index in [1.807, 2.05) is 18.2 Å². The first-order valence-electron chi connectivity index (χ1n) is 5.47. The summed E-state index contributed by atoms with van der Waals surface area (Å²) in [5.41, 5.74) is 7.34. The van der Waals surface area contributed by atoms with Gasteiger partial charge in [0.1, 0.15) is 11.6 Å². The zero-order chi connectivity index (χ0) is 12.1. The number of ether oxygens (including phenoxy) is 1. The van der Waals surface area contributed by atoms with Gasteiger partial charge in [0.2, 0.25) is 0 Å². The smallest absolute Gasteiger partial charge is 0.128 e. The molecule has 4 nitrogen and oxygen atoms in total. The van der Waals surface area contributed by atoms with Crippen molar-refractivity contribution in [1.29, 1.82) is 0 Å². The first kappa shape index (κ1) is 11.4. The van der Waals surface area contributed by atoms with Gasteiger partial charge >= 0.3 is 0 Å². The molecule has 1 aromatic heterocycles. The Morgan fingerprint density at radius 2 is 1.94 bits per heavy atom. The minimum Gasteiger partial charge on any atom is -0.497 e. The number of rotatable bonds is 4. The van der Waals surface area contributed by atoms with Crippen molar-refractivity contribution in [2.45, 2.75) is 12.8 Å². The number of benzene rings is 1. The fourth-order valence-corrected chi connectivity index (χ4v) is 1.58. The van der Waals surface area contributed by atoms with Crippen LogP contribution in [0.15, 0.2) is 36.7 Å². The number of nitrogen functional groups attached to an aromatic ring is 1. The quantitative estimate of drug-likeness (QED) is 0.869. The molecule has 2 rings (SSSR count). The minimum atomic E-state index is 0.593. The van der Waals surface area contributed by atoms with E-state index >= 15 is 0 Å². The Labute approximate surface area is 100 Å². The second-order valence-electron chi connectivity index (χ2n) is 3.78. The average molecular weight is 229 g/mol. The first-order chi connectivity index (χ1) is 8.28. The van der Waals surface area contributed by atoms with Gasteiger partial charge in [-0.2, -0.15) is 0 Å². The van der Waals surface area contributed by atoms with Crippen molar-refractivity contribution in [2.24, 2.45) is 0 Å². The molecule has 0 amide bonds. The van der Waals surface area contributed by atoms with Crippen molar-refractivity contribution in [3.63, 3.8) is 0 Å². The number of hydrogen-bond acceptors (Lipinski definition) is 4. The molecule has 0 fully saturated rings. The predicted octanol–water partition coefficient (Wildman–Crippen LogP) is 1.85. The second-order valence-corrected chi connectivity index (χ2v) is 3.78. The SMILES string of the molecule is COc1cccc(CCc2ncc(N)cn2)c1. The van der Waals surface area contributed by atoms with Gasteiger partial charge in [-0.3, -0.25) is 0 Å². The third-order valence-corrected chi connectivity index (χ3v) is 2.50. The predicted molar refractivity (Wildman–Crippen MR) is 66.8 cm³/mol. The maximum atomic E-state index is 5.53. The standard InChI is InChI=1S/C13H15N3O/c1-17-12-4-2-3-10(7-12)5-6-13-15-8-11(14)9-16-13/h2-4,7-9H,5-6,14H2,1H3. The molecule has 1 heterocycles. The molecule has 0 aliphatic carbocycles. The maximum Gasteiger partial charge on any atom is 0.128 e. The Kier molecular flexibility index (Phi) is 3.55. The van der Waals surface area contributed by atoms with Gasteiger partial charge in [-0.05, 0) is 24.1 Å². The van der Waals surface area contributed by atoms with Gasteiger partial charge in [0.05, 0.1) is 25.2 Å². The number of hydrogen-bond donors (Lipinski definition) is 1. The Morgan fingerprint density at radius 1 is 1.18 bits per heavy atom. The van der Waals surface area contributed by atoms with Gasteiger partial charge in [0.15, 0.2) is 0 Å². The molecule has 0 radical (unpaired) electrons. The molecule has 1 aromatic carbocycles. The van der Waals surface area contributed by atoms with Gasteiger partial charge in [-0.25, -0.2) is 9.97 Å². The fraction of sp³-hybridized carbons (Fsp3) is 0.231. The topological polar surface area (TPSA) is 61.0 Å². The van der Waals surface area contributed by atoms with Crippen LogP contribution in [0.5, 0.6) is 5.75 Å². The van der Waals surface area contributed by atoms with Crippen LogP contribution in [-0.4, -0.2) is 17.1 Å². The van der Waals surface area contributed by atoms with E-state index in [1.54, 1.807) is 19.5 Å². The van der Waals surface area contributed by atoms with Crippen LogP contribution in [-0.2, 0) is 12.8 Å². The number of nitrogens with two attached hydrogens (primary N) is 1. The van der Waals surface area contributed by atoms with E-state index in [0.29, 0.717) is 5.69 Å². The molecule has 0 bridgehead atoms. The molecule has 2 N–H and O–H groups in total. The molecule has 0 saturated carbocycles. The molecular weight excluding hydrogens is 214 g/mol. The van der Waals surface area contributed by atoms with E-state index in [0.717, 1.165) is 24.4 Å². The Bertz CT molecular complexity index is 482. The summed E-state index contributed by atoms with van der Waals surface area (Å²) in [7, 11) is 1.67. The number of nitrogens with zero attached hydrogens (tertiary/aromatic N) is 2. The van der Waals surface area contributed by atoms with Crippen LogP contribution in [0.4, 0.5) is 5.69 Å². The lowest BCUT2D eigenvalue weighted by atomic mass is 10.1. The molecule has 0 unspecified atom stereocenters. The molecule has 0 atom stereocenters. The van der Waals surface area contributed by atoms with E-state index in [4.69, 9.17) is 10.5 Å². The van der Waals surface area contributed by atoms with Crippen LogP contribution in [0.25, 0.3) is 0 Å². The third kappa shape index (κ3) is 3.17. The number of aromatic nitrogens is 2. The summed E-state index contributed by atoms with van der Waals surface area (Å²) in [6, 6.07) is 8.01. The highest BCUT2D eigenvalue weighted by Crippen LogP contribution is 2.13. The van der Waals surface area contributed by atoms with Gasteiger partial charge in [0, 0.05) is 6.42 Å². The number of aryl methyl sites for hydroxylation is 2. The Hall–Kier alpha value is -2.10. The van der Waals surface area contributed by atoms with Crippen molar-refractivity contribution in [3.8, 4) is 5.75 Å². The summed E-state index contributed by atoms with van der Waals surface area (Å²) < 4.78 is 5.17. The molecular formula is C13H15N3O. The monoisotopic (exact) mass is 229 g/mol. The fourth-order valence-electron chi connectivity index (χ4n) is 1.58. The molecule has 0 saturated heterocycles. The third-order valence-electron chi connectivity index (χ3n) is 2.50. The molecule has 4 heteroatoms.